The number of carboxylic acid groups (broad SMARTS) is 1. The molecule has 0 radical (unpaired) electrons. The Hall–Kier alpha value is -1.52. The Labute approximate surface area is 152 Å². The van der Waals surface area contributed by atoms with E-state index in [0.29, 0.717) is 22.9 Å². The van der Waals surface area contributed by atoms with Crippen molar-refractivity contribution in [1.82, 2.24) is 9.78 Å². The minimum absolute atomic E-state index is 0.195. The number of rotatable bonds is 6. The SMILES string of the molecule is CCC(C(=O)O)n1nc(C(C)C)c(Cc2cc(Cl)cc(Cl)c2)c1C. The summed E-state index contributed by atoms with van der Waals surface area (Å²) in [6, 6.07) is 4.80. The Kier molecular flexibility index (Phi) is 5.94. The van der Waals surface area contributed by atoms with Crippen molar-refractivity contribution in [2.24, 2.45) is 0 Å². The molecule has 6 heteroatoms. The van der Waals surface area contributed by atoms with Crippen molar-refractivity contribution in [3.05, 3.63) is 50.8 Å². The number of carbonyl (C=O) groups is 1. The van der Waals surface area contributed by atoms with Gasteiger partial charge in [0.1, 0.15) is 6.04 Å². The van der Waals surface area contributed by atoms with E-state index in [1.54, 1.807) is 10.7 Å². The van der Waals surface area contributed by atoms with Gasteiger partial charge in [0.05, 0.1) is 5.69 Å². The molecule has 1 heterocycles. The van der Waals surface area contributed by atoms with Crippen molar-refractivity contribution in [3.63, 3.8) is 0 Å². The highest BCUT2D eigenvalue weighted by Gasteiger charge is 2.25. The molecule has 2 aromatic rings. The molecule has 24 heavy (non-hydrogen) atoms. The fraction of sp³-hybridized carbons (Fsp3) is 0.444. The summed E-state index contributed by atoms with van der Waals surface area (Å²) in [6.45, 7) is 7.89. The third kappa shape index (κ3) is 3.93. The van der Waals surface area contributed by atoms with E-state index in [-0.39, 0.29) is 5.92 Å². The largest absolute Gasteiger partial charge is 0.480 e. The van der Waals surface area contributed by atoms with Gasteiger partial charge in [0, 0.05) is 27.7 Å². The zero-order chi connectivity index (χ0) is 18.0. The lowest BCUT2D eigenvalue weighted by molar-refractivity contribution is -0.141. The smallest absolute Gasteiger partial charge is 0.328 e. The van der Waals surface area contributed by atoms with Gasteiger partial charge in [0.25, 0.3) is 0 Å². The molecule has 0 aliphatic rings. The highest BCUT2D eigenvalue weighted by atomic mass is 35.5. The summed E-state index contributed by atoms with van der Waals surface area (Å²) in [4.78, 5) is 11.5. The van der Waals surface area contributed by atoms with Crippen LogP contribution in [0.2, 0.25) is 10.0 Å². The lowest BCUT2D eigenvalue weighted by Gasteiger charge is -2.13. The summed E-state index contributed by atoms with van der Waals surface area (Å²) in [6.07, 6.45) is 1.10. The van der Waals surface area contributed by atoms with E-state index in [1.807, 2.05) is 26.0 Å². The average molecular weight is 369 g/mol. The van der Waals surface area contributed by atoms with Crippen LogP contribution in [0.1, 0.15) is 61.7 Å². The molecular formula is C18H22Cl2N2O2. The Morgan fingerprint density at radius 2 is 1.83 bits per heavy atom. The van der Waals surface area contributed by atoms with Crippen LogP contribution in [0, 0.1) is 6.92 Å². The predicted molar refractivity (Wildman–Crippen MR) is 97.3 cm³/mol. The van der Waals surface area contributed by atoms with E-state index in [2.05, 4.69) is 18.9 Å². The Bertz CT molecular complexity index is 733. The molecule has 2 rings (SSSR count). The number of benzene rings is 1. The molecule has 1 atom stereocenters. The van der Waals surface area contributed by atoms with E-state index in [0.717, 1.165) is 22.5 Å². The van der Waals surface area contributed by atoms with Crippen LogP contribution in [0.25, 0.3) is 0 Å². The van der Waals surface area contributed by atoms with Crippen LogP contribution in [0.15, 0.2) is 18.2 Å². The third-order valence-corrected chi connectivity index (χ3v) is 4.56. The lowest BCUT2D eigenvalue weighted by atomic mass is 9.98. The van der Waals surface area contributed by atoms with Crippen molar-refractivity contribution >= 4 is 29.2 Å². The minimum atomic E-state index is -0.865. The number of carboxylic acids is 1. The quantitative estimate of drug-likeness (QED) is 0.757. The summed E-state index contributed by atoms with van der Waals surface area (Å²) in [5.74, 6) is -0.670. The molecule has 1 unspecified atom stereocenters. The van der Waals surface area contributed by atoms with Crippen LogP contribution >= 0.6 is 23.2 Å². The molecule has 0 aliphatic carbocycles. The molecular weight excluding hydrogens is 347 g/mol. The van der Waals surface area contributed by atoms with Gasteiger partial charge in [-0.15, -0.1) is 0 Å². The summed E-state index contributed by atoms with van der Waals surface area (Å²) in [7, 11) is 0. The van der Waals surface area contributed by atoms with Gasteiger partial charge in [-0.25, -0.2) is 4.79 Å². The summed E-state index contributed by atoms with van der Waals surface area (Å²) in [5, 5.41) is 15.2. The van der Waals surface area contributed by atoms with Gasteiger partial charge >= 0.3 is 5.97 Å². The van der Waals surface area contributed by atoms with Gasteiger partial charge in [-0.3, -0.25) is 4.68 Å². The summed E-state index contributed by atoms with van der Waals surface area (Å²) < 4.78 is 1.64. The van der Waals surface area contributed by atoms with E-state index < -0.39 is 12.0 Å². The second-order valence-electron chi connectivity index (χ2n) is 6.27. The van der Waals surface area contributed by atoms with Crippen LogP contribution in [0.4, 0.5) is 0 Å². The number of aromatic nitrogens is 2. The first-order valence-corrected chi connectivity index (χ1v) is 8.75. The van der Waals surface area contributed by atoms with Crippen molar-refractivity contribution in [1.29, 1.82) is 0 Å². The van der Waals surface area contributed by atoms with Crippen LogP contribution in [0.5, 0.6) is 0 Å². The maximum absolute atomic E-state index is 11.5. The van der Waals surface area contributed by atoms with Crippen molar-refractivity contribution in [2.75, 3.05) is 0 Å². The van der Waals surface area contributed by atoms with E-state index in [1.165, 1.54) is 0 Å². The molecule has 4 nitrogen and oxygen atoms in total. The van der Waals surface area contributed by atoms with Gasteiger partial charge in [0.2, 0.25) is 0 Å². The first kappa shape index (κ1) is 18.8. The Morgan fingerprint density at radius 1 is 1.25 bits per heavy atom. The van der Waals surface area contributed by atoms with Gasteiger partial charge in [-0.05, 0) is 43.0 Å². The zero-order valence-corrected chi connectivity index (χ0v) is 15.8. The molecule has 1 N–H and O–H groups in total. The molecule has 1 aromatic heterocycles. The Balaban J connectivity index is 2.52. The highest BCUT2D eigenvalue weighted by Crippen LogP contribution is 2.29. The van der Waals surface area contributed by atoms with Crippen LogP contribution in [-0.4, -0.2) is 20.9 Å². The lowest BCUT2D eigenvalue weighted by Crippen LogP contribution is -2.20. The van der Waals surface area contributed by atoms with Crippen molar-refractivity contribution in [3.8, 4) is 0 Å². The molecule has 0 saturated carbocycles. The molecule has 0 fully saturated rings. The zero-order valence-electron chi connectivity index (χ0n) is 14.3. The Morgan fingerprint density at radius 3 is 2.29 bits per heavy atom. The normalized spacial score (nSPS) is 12.6. The van der Waals surface area contributed by atoms with Gasteiger partial charge in [-0.2, -0.15) is 5.10 Å². The number of nitrogens with zero attached hydrogens (tertiary/aromatic N) is 2. The number of aliphatic carboxylic acids is 1. The topological polar surface area (TPSA) is 55.1 Å². The van der Waals surface area contributed by atoms with E-state index in [9.17, 15) is 9.90 Å². The van der Waals surface area contributed by atoms with Crippen molar-refractivity contribution < 1.29 is 9.90 Å². The standard InChI is InChI=1S/C18H22Cl2N2O2/c1-5-16(18(23)24)22-11(4)15(17(21-22)10(2)3)8-12-6-13(19)9-14(20)7-12/h6-7,9-10,16H,5,8H2,1-4H3,(H,23,24). The van der Waals surface area contributed by atoms with Crippen LogP contribution in [-0.2, 0) is 11.2 Å². The molecule has 0 saturated heterocycles. The average Bonchev–Trinajstić information content (AvgIpc) is 2.76. The monoisotopic (exact) mass is 368 g/mol. The number of halogens is 2. The molecule has 0 amide bonds. The molecule has 1 aromatic carbocycles. The summed E-state index contributed by atoms with van der Waals surface area (Å²) in [5.41, 5.74) is 3.83. The fourth-order valence-corrected chi connectivity index (χ4v) is 3.50. The second-order valence-corrected chi connectivity index (χ2v) is 7.14. The van der Waals surface area contributed by atoms with Crippen LogP contribution in [0.3, 0.4) is 0 Å². The maximum atomic E-state index is 11.5. The predicted octanol–water partition coefficient (Wildman–Crippen LogP) is 5.25. The molecule has 0 bridgehead atoms. The first-order valence-electron chi connectivity index (χ1n) is 8.00. The maximum Gasteiger partial charge on any atom is 0.328 e. The van der Waals surface area contributed by atoms with E-state index in [4.69, 9.17) is 23.2 Å². The number of hydrogen-bond acceptors (Lipinski definition) is 2. The van der Waals surface area contributed by atoms with E-state index >= 15 is 0 Å². The van der Waals surface area contributed by atoms with Gasteiger partial charge in [0.15, 0.2) is 0 Å². The molecule has 0 spiro atoms. The number of hydrogen-bond donors (Lipinski definition) is 1. The molecule has 130 valence electrons. The van der Waals surface area contributed by atoms with Crippen molar-refractivity contribution in [2.45, 2.75) is 52.5 Å². The fourth-order valence-electron chi connectivity index (χ4n) is 2.93. The van der Waals surface area contributed by atoms with Gasteiger partial charge in [-0.1, -0.05) is 44.0 Å². The third-order valence-electron chi connectivity index (χ3n) is 4.12. The highest BCUT2D eigenvalue weighted by molar-refractivity contribution is 6.34. The van der Waals surface area contributed by atoms with Gasteiger partial charge < -0.3 is 5.11 Å². The minimum Gasteiger partial charge on any atom is -0.480 e. The van der Waals surface area contributed by atoms with Crippen LogP contribution < -0.4 is 0 Å². The second kappa shape index (κ2) is 7.58. The summed E-state index contributed by atoms with van der Waals surface area (Å²) >= 11 is 12.2. The first-order chi connectivity index (χ1) is 11.2. The molecule has 0 aliphatic heterocycles.